The molecule has 0 spiro atoms. The molecule has 0 saturated heterocycles. The number of nitrogens with zero attached hydrogens (tertiary/aromatic N) is 1. The zero-order valence-electron chi connectivity index (χ0n) is 13.4. The minimum atomic E-state index is -0.535. The lowest BCUT2D eigenvalue weighted by Crippen LogP contribution is -2.23. The average Bonchev–Trinajstić information content (AvgIpc) is 3.32. The first-order valence-corrected chi connectivity index (χ1v) is 7.47. The lowest BCUT2D eigenvalue weighted by Gasteiger charge is -2.06. The van der Waals surface area contributed by atoms with Gasteiger partial charge in [0.1, 0.15) is 5.69 Å². The second-order valence-corrected chi connectivity index (χ2v) is 5.14. The first kappa shape index (κ1) is 16.3. The van der Waals surface area contributed by atoms with Crippen LogP contribution in [0.4, 0.5) is 10.5 Å². The van der Waals surface area contributed by atoms with E-state index in [0.29, 0.717) is 23.7 Å². The highest BCUT2D eigenvalue weighted by molar-refractivity contribution is 5.93. The van der Waals surface area contributed by atoms with E-state index in [9.17, 15) is 9.59 Å². The lowest BCUT2D eigenvalue weighted by molar-refractivity contribution is 0.0946. The smallest absolute Gasteiger partial charge is 0.411 e. The molecule has 2 amide bonds. The molecule has 128 valence electrons. The first-order valence-electron chi connectivity index (χ1n) is 7.47. The van der Waals surface area contributed by atoms with Crippen LogP contribution in [0.5, 0.6) is 0 Å². The summed E-state index contributed by atoms with van der Waals surface area (Å²) in [6, 6.07) is 12.2. The number of carbonyl (C=O) groups is 2. The van der Waals surface area contributed by atoms with Gasteiger partial charge in [0.25, 0.3) is 5.91 Å². The van der Waals surface area contributed by atoms with Gasteiger partial charge in [0.2, 0.25) is 0 Å². The summed E-state index contributed by atoms with van der Waals surface area (Å²) in [5.41, 5.74) is 2.40. The van der Waals surface area contributed by atoms with Crippen LogP contribution < -0.4 is 10.6 Å². The molecule has 0 aliphatic rings. The molecule has 0 aliphatic heterocycles. The summed E-state index contributed by atoms with van der Waals surface area (Å²) in [4.78, 5) is 23.3. The normalized spacial score (nSPS) is 10.3. The number of carbonyl (C=O) groups excluding carboxylic acids is 2. The molecule has 3 N–H and O–H groups in total. The largest absolute Gasteiger partial charge is 0.463 e. The standard InChI is InChI=1S/C17H16N4O4/c1-24-17(23)19-12-6-4-11(5-7-12)10-18-16(22)14-9-13(20-21-14)15-3-2-8-25-15/h2-9H,10H2,1H3,(H,18,22)(H,19,23)(H,20,21). The number of amides is 2. The third-order valence-electron chi connectivity index (χ3n) is 3.44. The molecule has 0 atom stereocenters. The van der Waals surface area contributed by atoms with Crippen LogP contribution in [0.1, 0.15) is 16.1 Å². The molecule has 2 heterocycles. The molecule has 1 aromatic carbocycles. The summed E-state index contributed by atoms with van der Waals surface area (Å²) >= 11 is 0. The molecule has 0 unspecified atom stereocenters. The van der Waals surface area contributed by atoms with E-state index in [0.717, 1.165) is 5.56 Å². The third-order valence-corrected chi connectivity index (χ3v) is 3.44. The molecule has 3 rings (SSSR count). The third kappa shape index (κ3) is 4.05. The molecular formula is C17H16N4O4. The Labute approximate surface area is 143 Å². The van der Waals surface area contributed by atoms with E-state index in [1.54, 1.807) is 48.7 Å². The maximum Gasteiger partial charge on any atom is 0.411 e. The van der Waals surface area contributed by atoms with Crippen molar-refractivity contribution >= 4 is 17.7 Å². The van der Waals surface area contributed by atoms with Gasteiger partial charge in [0.15, 0.2) is 11.5 Å². The van der Waals surface area contributed by atoms with Crippen LogP contribution in [0, 0.1) is 0 Å². The lowest BCUT2D eigenvalue weighted by atomic mass is 10.2. The van der Waals surface area contributed by atoms with Gasteiger partial charge in [-0.1, -0.05) is 12.1 Å². The van der Waals surface area contributed by atoms with Crippen LogP contribution in [-0.2, 0) is 11.3 Å². The van der Waals surface area contributed by atoms with Crippen LogP contribution in [-0.4, -0.2) is 29.3 Å². The number of benzene rings is 1. The highest BCUT2D eigenvalue weighted by atomic mass is 16.5. The number of hydrogen-bond acceptors (Lipinski definition) is 5. The van der Waals surface area contributed by atoms with E-state index in [2.05, 4.69) is 25.6 Å². The Morgan fingerprint density at radius 2 is 2.04 bits per heavy atom. The predicted octanol–water partition coefficient (Wildman–Crippen LogP) is 2.78. The number of hydrogen-bond donors (Lipinski definition) is 3. The summed E-state index contributed by atoms with van der Waals surface area (Å²) in [5, 5.41) is 12.1. The van der Waals surface area contributed by atoms with E-state index in [1.165, 1.54) is 7.11 Å². The highest BCUT2D eigenvalue weighted by Crippen LogP contribution is 2.17. The number of aromatic amines is 1. The minimum Gasteiger partial charge on any atom is -0.463 e. The summed E-state index contributed by atoms with van der Waals surface area (Å²) < 4.78 is 9.76. The van der Waals surface area contributed by atoms with Crippen LogP contribution in [0.25, 0.3) is 11.5 Å². The second kappa shape index (κ2) is 7.35. The Hall–Kier alpha value is -3.55. The van der Waals surface area contributed by atoms with Gasteiger partial charge < -0.3 is 14.5 Å². The van der Waals surface area contributed by atoms with E-state index >= 15 is 0 Å². The number of aromatic nitrogens is 2. The molecule has 8 nitrogen and oxygen atoms in total. The molecule has 2 aromatic heterocycles. The summed E-state index contributed by atoms with van der Waals surface area (Å²) in [7, 11) is 1.30. The zero-order valence-corrected chi connectivity index (χ0v) is 13.4. The topological polar surface area (TPSA) is 109 Å². The number of ether oxygens (including phenoxy) is 1. The van der Waals surface area contributed by atoms with Gasteiger partial charge >= 0.3 is 6.09 Å². The summed E-state index contributed by atoms with van der Waals surface area (Å²) in [6.45, 7) is 0.334. The van der Waals surface area contributed by atoms with Crippen molar-refractivity contribution in [3.63, 3.8) is 0 Å². The fourth-order valence-electron chi connectivity index (χ4n) is 2.14. The number of rotatable bonds is 5. The fourth-order valence-corrected chi connectivity index (χ4v) is 2.14. The highest BCUT2D eigenvalue weighted by Gasteiger charge is 2.12. The maximum atomic E-state index is 12.2. The molecule has 0 bridgehead atoms. The average molecular weight is 340 g/mol. The first-order chi connectivity index (χ1) is 12.2. The monoisotopic (exact) mass is 340 g/mol. The predicted molar refractivity (Wildman–Crippen MR) is 89.9 cm³/mol. The molecule has 0 fully saturated rings. The number of furan rings is 1. The van der Waals surface area contributed by atoms with Crippen molar-refractivity contribution < 1.29 is 18.7 Å². The number of H-pyrrole nitrogens is 1. The van der Waals surface area contributed by atoms with Crippen molar-refractivity contribution in [2.45, 2.75) is 6.54 Å². The number of methoxy groups -OCH3 is 1. The van der Waals surface area contributed by atoms with Gasteiger partial charge in [-0.2, -0.15) is 5.10 Å². The number of nitrogens with one attached hydrogen (secondary N) is 3. The zero-order chi connectivity index (χ0) is 17.6. The van der Waals surface area contributed by atoms with Crippen LogP contribution >= 0.6 is 0 Å². The Morgan fingerprint density at radius 3 is 2.72 bits per heavy atom. The van der Waals surface area contributed by atoms with Gasteiger partial charge in [-0.05, 0) is 29.8 Å². The second-order valence-electron chi connectivity index (χ2n) is 5.14. The molecule has 0 saturated carbocycles. The van der Waals surface area contributed by atoms with E-state index in [4.69, 9.17) is 4.42 Å². The van der Waals surface area contributed by atoms with Crippen molar-refractivity contribution in [1.82, 2.24) is 15.5 Å². The Balaban J connectivity index is 1.56. The molecular weight excluding hydrogens is 324 g/mol. The molecule has 0 radical (unpaired) electrons. The number of anilines is 1. The Bertz CT molecular complexity index is 853. The van der Waals surface area contributed by atoms with E-state index in [1.807, 2.05) is 0 Å². The van der Waals surface area contributed by atoms with Gasteiger partial charge in [-0.3, -0.25) is 15.2 Å². The van der Waals surface area contributed by atoms with Gasteiger partial charge in [0.05, 0.1) is 13.4 Å². The van der Waals surface area contributed by atoms with Gasteiger partial charge in [-0.15, -0.1) is 0 Å². The van der Waals surface area contributed by atoms with Crippen molar-refractivity contribution in [2.24, 2.45) is 0 Å². The van der Waals surface area contributed by atoms with Crippen LogP contribution in [0.2, 0.25) is 0 Å². The minimum absolute atomic E-state index is 0.273. The van der Waals surface area contributed by atoms with E-state index in [-0.39, 0.29) is 11.6 Å². The van der Waals surface area contributed by atoms with Crippen molar-refractivity contribution in [1.29, 1.82) is 0 Å². The van der Waals surface area contributed by atoms with Crippen molar-refractivity contribution in [3.8, 4) is 11.5 Å². The van der Waals surface area contributed by atoms with Crippen LogP contribution in [0.15, 0.2) is 53.1 Å². The van der Waals surface area contributed by atoms with Gasteiger partial charge in [0, 0.05) is 18.3 Å². The van der Waals surface area contributed by atoms with Gasteiger partial charge in [-0.25, -0.2) is 4.79 Å². The molecule has 25 heavy (non-hydrogen) atoms. The maximum absolute atomic E-state index is 12.2. The SMILES string of the molecule is COC(=O)Nc1ccc(CNC(=O)c2cc(-c3ccco3)[nH]n2)cc1. The summed E-state index contributed by atoms with van der Waals surface area (Å²) in [5.74, 6) is 0.311. The van der Waals surface area contributed by atoms with Crippen LogP contribution in [0.3, 0.4) is 0 Å². The molecule has 8 heteroatoms. The fraction of sp³-hybridized carbons (Fsp3) is 0.118. The Morgan fingerprint density at radius 1 is 1.24 bits per heavy atom. The molecule has 3 aromatic rings. The van der Waals surface area contributed by atoms with E-state index < -0.39 is 6.09 Å². The summed E-state index contributed by atoms with van der Waals surface area (Å²) in [6.07, 6.45) is 1.02. The van der Waals surface area contributed by atoms with Crippen molar-refractivity contribution in [3.05, 3.63) is 60.0 Å². The van der Waals surface area contributed by atoms with Crippen molar-refractivity contribution in [2.75, 3.05) is 12.4 Å². The molecule has 0 aliphatic carbocycles. The Kier molecular flexibility index (Phi) is 4.79. The quantitative estimate of drug-likeness (QED) is 0.661.